The molecule has 0 atom stereocenters. The minimum Gasteiger partial charge on any atom is -0.396 e. The van der Waals surface area contributed by atoms with Gasteiger partial charge in [0.05, 0.1) is 5.25 Å². The first-order valence-corrected chi connectivity index (χ1v) is 6.36. The van der Waals surface area contributed by atoms with Gasteiger partial charge >= 0.3 is 0 Å². The molecule has 0 amide bonds. The molecule has 1 rings (SSSR count). The van der Waals surface area contributed by atoms with Gasteiger partial charge in [0.25, 0.3) is 0 Å². The van der Waals surface area contributed by atoms with Crippen molar-refractivity contribution in [2.75, 3.05) is 20.2 Å². The second kappa shape index (κ2) is 3.79. The predicted octanol–water partition coefficient (Wildman–Crippen LogP) is 0.429. The van der Waals surface area contributed by atoms with Gasteiger partial charge in [-0.2, -0.15) is 0 Å². The fourth-order valence-corrected chi connectivity index (χ4v) is 3.13. The summed E-state index contributed by atoms with van der Waals surface area (Å²) in [6.45, 7) is 4.08. The molecule has 0 unspecified atom stereocenters. The van der Waals surface area contributed by atoms with Crippen LogP contribution < -0.4 is 0 Å². The van der Waals surface area contributed by atoms with Crippen molar-refractivity contribution in [2.45, 2.75) is 31.9 Å². The predicted molar refractivity (Wildman–Crippen MR) is 55.4 cm³/mol. The quantitative estimate of drug-likeness (QED) is 0.732. The van der Waals surface area contributed by atoms with E-state index in [-0.39, 0.29) is 17.3 Å². The maximum Gasteiger partial charge on any atom is 0.216 e. The van der Waals surface area contributed by atoms with Crippen molar-refractivity contribution in [1.29, 1.82) is 0 Å². The molecule has 5 heteroatoms. The highest BCUT2D eigenvalue weighted by atomic mass is 32.2. The molecule has 0 heterocycles. The lowest BCUT2D eigenvalue weighted by Crippen LogP contribution is -2.39. The van der Waals surface area contributed by atoms with Crippen molar-refractivity contribution in [3.8, 4) is 0 Å². The van der Waals surface area contributed by atoms with Gasteiger partial charge in [-0.3, -0.25) is 0 Å². The van der Waals surface area contributed by atoms with Crippen LogP contribution in [0.2, 0.25) is 0 Å². The van der Waals surface area contributed by atoms with Gasteiger partial charge in [-0.1, -0.05) is 13.8 Å². The van der Waals surface area contributed by atoms with Gasteiger partial charge in [-0.05, 0) is 12.8 Å². The van der Waals surface area contributed by atoms with Crippen LogP contribution in [0, 0.1) is 5.41 Å². The zero-order valence-corrected chi connectivity index (χ0v) is 9.84. The molecule has 4 nitrogen and oxygen atoms in total. The van der Waals surface area contributed by atoms with Crippen LogP contribution in [0.4, 0.5) is 0 Å². The summed E-state index contributed by atoms with van der Waals surface area (Å²) in [5.41, 5.74) is -0.364. The first-order chi connectivity index (χ1) is 6.29. The summed E-state index contributed by atoms with van der Waals surface area (Å²) >= 11 is 0. The smallest absolute Gasteiger partial charge is 0.216 e. The lowest BCUT2D eigenvalue weighted by atomic mass is 9.95. The lowest BCUT2D eigenvalue weighted by Gasteiger charge is -2.27. The number of hydrogen-bond acceptors (Lipinski definition) is 3. The molecule has 0 bridgehead atoms. The summed E-state index contributed by atoms with van der Waals surface area (Å²) in [6, 6.07) is 0. The van der Waals surface area contributed by atoms with Gasteiger partial charge in [-0.25, -0.2) is 12.7 Å². The normalized spacial score (nSPS) is 18.9. The van der Waals surface area contributed by atoms with Gasteiger partial charge < -0.3 is 5.11 Å². The average Bonchev–Trinajstić information content (AvgIpc) is 2.85. The number of sulfonamides is 1. The molecule has 1 fully saturated rings. The molecule has 0 radical (unpaired) electrons. The van der Waals surface area contributed by atoms with E-state index in [1.54, 1.807) is 7.05 Å². The van der Waals surface area contributed by atoms with Crippen LogP contribution in [0.1, 0.15) is 26.7 Å². The minimum absolute atomic E-state index is 0.00245. The molecular formula is C9H19NO3S. The van der Waals surface area contributed by atoms with Gasteiger partial charge in [0.2, 0.25) is 10.0 Å². The molecule has 1 aliphatic rings. The van der Waals surface area contributed by atoms with E-state index in [2.05, 4.69) is 0 Å². The van der Waals surface area contributed by atoms with Crippen LogP contribution in [0.5, 0.6) is 0 Å². The molecule has 0 saturated heterocycles. The number of hydrogen-bond donors (Lipinski definition) is 1. The van der Waals surface area contributed by atoms with E-state index in [1.165, 1.54) is 4.31 Å². The third-order valence-electron chi connectivity index (χ3n) is 2.46. The van der Waals surface area contributed by atoms with Crippen molar-refractivity contribution in [3.63, 3.8) is 0 Å². The van der Waals surface area contributed by atoms with E-state index in [9.17, 15) is 8.42 Å². The van der Waals surface area contributed by atoms with E-state index < -0.39 is 10.0 Å². The Hall–Kier alpha value is -0.130. The van der Waals surface area contributed by atoms with E-state index in [0.717, 1.165) is 12.8 Å². The van der Waals surface area contributed by atoms with Crippen LogP contribution in [-0.2, 0) is 10.0 Å². The number of rotatable bonds is 5. The monoisotopic (exact) mass is 221 g/mol. The second-order valence-electron chi connectivity index (χ2n) is 4.82. The molecule has 1 N–H and O–H groups in total. The molecule has 0 spiro atoms. The van der Waals surface area contributed by atoms with Crippen molar-refractivity contribution >= 4 is 10.0 Å². The van der Waals surface area contributed by atoms with E-state index in [4.69, 9.17) is 5.11 Å². The van der Waals surface area contributed by atoms with E-state index in [0.29, 0.717) is 6.54 Å². The minimum atomic E-state index is -3.09. The first kappa shape index (κ1) is 11.9. The molecule has 0 aromatic carbocycles. The van der Waals surface area contributed by atoms with Crippen LogP contribution in [-0.4, -0.2) is 43.3 Å². The first-order valence-electron chi connectivity index (χ1n) is 4.85. The Morgan fingerprint density at radius 3 is 2.29 bits per heavy atom. The largest absolute Gasteiger partial charge is 0.396 e. The number of aliphatic hydroxyl groups is 1. The highest BCUT2D eigenvalue weighted by molar-refractivity contribution is 7.90. The number of nitrogens with zero attached hydrogens (tertiary/aromatic N) is 1. The van der Waals surface area contributed by atoms with Crippen molar-refractivity contribution in [3.05, 3.63) is 0 Å². The van der Waals surface area contributed by atoms with Crippen molar-refractivity contribution < 1.29 is 13.5 Å². The third kappa shape index (κ3) is 2.68. The standard InChI is InChI=1S/C9H19NO3S/c1-9(2,7-11)6-10(3)14(12,13)8-4-5-8/h8,11H,4-7H2,1-3H3. The molecular weight excluding hydrogens is 202 g/mol. The topological polar surface area (TPSA) is 57.6 Å². The van der Waals surface area contributed by atoms with Gasteiger partial charge in [-0.15, -0.1) is 0 Å². The lowest BCUT2D eigenvalue weighted by molar-refractivity contribution is 0.140. The maximum atomic E-state index is 11.7. The number of aliphatic hydroxyl groups excluding tert-OH is 1. The fourth-order valence-electron chi connectivity index (χ4n) is 1.36. The summed E-state index contributed by atoms with van der Waals surface area (Å²) in [4.78, 5) is 0. The molecule has 0 aromatic heterocycles. The van der Waals surface area contributed by atoms with Crippen LogP contribution >= 0.6 is 0 Å². The Labute approximate surface area is 86.0 Å². The molecule has 1 aliphatic carbocycles. The van der Waals surface area contributed by atoms with Crippen LogP contribution in [0.15, 0.2) is 0 Å². The van der Waals surface area contributed by atoms with E-state index >= 15 is 0 Å². The third-order valence-corrected chi connectivity index (χ3v) is 4.77. The Morgan fingerprint density at radius 1 is 1.43 bits per heavy atom. The molecule has 14 heavy (non-hydrogen) atoms. The summed E-state index contributed by atoms with van der Waals surface area (Å²) in [5, 5.41) is 8.88. The average molecular weight is 221 g/mol. The van der Waals surface area contributed by atoms with Crippen LogP contribution in [0.25, 0.3) is 0 Å². The molecule has 0 aliphatic heterocycles. The summed E-state index contributed by atoms with van der Waals surface area (Å²) in [6.07, 6.45) is 1.57. The molecule has 0 aromatic rings. The SMILES string of the molecule is CN(CC(C)(C)CO)S(=O)(=O)C1CC1. The molecule has 84 valence electrons. The highest BCUT2D eigenvalue weighted by Gasteiger charge is 2.39. The van der Waals surface area contributed by atoms with Crippen molar-refractivity contribution in [2.24, 2.45) is 5.41 Å². The maximum absolute atomic E-state index is 11.7. The van der Waals surface area contributed by atoms with Gasteiger partial charge in [0, 0.05) is 25.6 Å². The van der Waals surface area contributed by atoms with E-state index in [1.807, 2.05) is 13.8 Å². The van der Waals surface area contributed by atoms with Crippen LogP contribution in [0.3, 0.4) is 0 Å². The van der Waals surface area contributed by atoms with Gasteiger partial charge in [0.15, 0.2) is 0 Å². The highest BCUT2D eigenvalue weighted by Crippen LogP contribution is 2.31. The van der Waals surface area contributed by atoms with Crippen molar-refractivity contribution in [1.82, 2.24) is 4.31 Å². The van der Waals surface area contributed by atoms with Gasteiger partial charge in [0.1, 0.15) is 0 Å². The zero-order valence-electron chi connectivity index (χ0n) is 9.02. The Kier molecular flexibility index (Phi) is 3.23. The Bertz CT molecular complexity index is 293. The zero-order chi connectivity index (χ0) is 11.0. The summed E-state index contributed by atoms with van der Waals surface area (Å²) in [5.74, 6) is 0. The Morgan fingerprint density at radius 2 is 1.93 bits per heavy atom. The second-order valence-corrected chi connectivity index (χ2v) is 7.14. The molecule has 1 saturated carbocycles. The summed E-state index contributed by atoms with van der Waals surface area (Å²) < 4.78 is 24.8. The fraction of sp³-hybridized carbons (Fsp3) is 1.00. The Balaban J connectivity index is 2.61. The summed E-state index contributed by atoms with van der Waals surface area (Å²) in [7, 11) is -1.50.